The normalized spacial score (nSPS) is 15.5. The SMILES string of the molecule is CC(C)(C)OC(=O)N=CN1CC=C(c2ccc(C(=O)Nc3cc(F)c(C4=CCN(C(=NC(=O)OC(C)(C)C)NC(=O)OC(C)(C)C)CC4)cc3F)cc2F)CC1. The summed E-state index contributed by atoms with van der Waals surface area (Å²) < 4.78 is 61.8. The van der Waals surface area contributed by atoms with Crippen molar-refractivity contribution in [2.75, 3.05) is 31.5 Å². The number of aliphatic imine (C=N–C) groups is 2. The molecule has 56 heavy (non-hydrogen) atoms. The number of amides is 4. The highest BCUT2D eigenvalue weighted by Gasteiger charge is 2.26. The van der Waals surface area contributed by atoms with Crippen LogP contribution in [-0.2, 0) is 14.2 Å². The van der Waals surface area contributed by atoms with Gasteiger partial charge in [0, 0.05) is 48.9 Å². The molecule has 0 unspecified atom stereocenters. The molecular weight excluding hydrogens is 733 g/mol. The van der Waals surface area contributed by atoms with E-state index >= 15 is 13.2 Å². The smallest absolute Gasteiger partial charge is 0.437 e. The lowest BCUT2D eigenvalue weighted by atomic mass is 9.97. The first kappa shape index (κ1) is 43.1. The average molecular weight is 783 g/mol. The molecule has 2 aromatic rings. The maximum Gasteiger partial charge on any atom is 0.437 e. The van der Waals surface area contributed by atoms with Crippen LogP contribution in [0.4, 0.5) is 33.2 Å². The second-order valence-electron chi connectivity index (χ2n) is 16.1. The van der Waals surface area contributed by atoms with Crippen LogP contribution < -0.4 is 10.6 Å². The second-order valence-corrected chi connectivity index (χ2v) is 16.1. The number of benzene rings is 2. The molecule has 0 saturated carbocycles. The van der Waals surface area contributed by atoms with Crippen LogP contribution in [0, 0.1) is 17.5 Å². The molecule has 0 bridgehead atoms. The largest absolute Gasteiger partial charge is 0.444 e. The molecule has 0 aliphatic carbocycles. The molecule has 2 aliphatic heterocycles. The van der Waals surface area contributed by atoms with E-state index < -0.39 is 64.1 Å². The molecule has 16 heteroatoms. The van der Waals surface area contributed by atoms with Crippen LogP contribution in [0.15, 0.2) is 52.5 Å². The van der Waals surface area contributed by atoms with Crippen LogP contribution in [0.2, 0.25) is 0 Å². The van der Waals surface area contributed by atoms with Crippen molar-refractivity contribution in [3.05, 3.63) is 76.6 Å². The van der Waals surface area contributed by atoms with Crippen molar-refractivity contribution in [2.45, 2.75) is 92.0 Å². The van der Waals surface area contributed by atoms with Crippen molar-refractivity contribution >= 4 is 53.3 Å². The Hall–Kier alpha value is -5.67. The fourth-order valence-corrected chi connectivity index (χ4v) is 5.50. The van der Waals surface area contributed by atoms with E-state index in [9.17, 15) is 19.2 Å². The third kappa shape index (κ3) is 13.0. The number of hydrogen-bond donors (Lipinski definition) is 2. The van der Waals surface area contributed by atoms with Crippen molar-refractivity contribution in [3.8, 4) is 0 Å². The van der Waals surface area contributed by atoms with Gasteiger partial charge in [-0.3, -0.25) is 10.1 Å². The number of alkyl carbamates (subject to hydrolysis) is 1. The molecule has 0 aromatic heterocycles. The van der Waals surface area contributed by atoms with Crippen LogP contribution in [0.1, 0.15) is 96.6 Å². The molecule has 4 rings (SSSR count). The van der Waals surface area contributed by atoms with E-state index in [4.69, 9.17) is 14.2 Å². The van der Waals surface area contributed by atoms with Gasteiger partial charge in [0.2, 0.25) is 5.96 Å². The number of halogens is 3. The van der Waals surface area contributed by atoms with E-state index in [1.807, 2.05) is 0 Å². The van der Waals surface area contributed by atoms with Crippen molar-refractivity contribution in [2.24, 2.45) is 9.98 Å². The summed E-state index contributed by atoms with van der Waals surface area (Å²) in [4.78, 5) is 61.0. The van der Waals surface area contributed by atoms with Gasteiger partial charge in [-0.1, -0.05) is 18.2 Å². The maximum absolute atomic E-state index is 15.5. The van der Waals surface area contributed by atoms with Crippen molar-refractivity contribution in [3.63, 3.8) is 0 Å². The van der Waals surface area contributed by atoms with E-state index in [-0.39, 0.29) is 42.2 Å². The highest BCUT2D eigenvalue weighted by Crippen LogP contribution is 2.30. The molecule has 0 saturated heterocycles. The molecule has 13 nitrogen and oxygen atoms in total. The van der Waals surface area contributed by atoms with Crippen molar-refractivity contribution < 1.29 is 46.6 Å². The van der Waals surface area contributed by atoms with Crippen LogP contribution in [-0.4, -0.2) is 89.3 Å². The number of nitrogens with one attached hydrogen (secondary N) is 2. The van der Waals surface area contributed by atoms with E-state index in [0.29, 0.717) is 30.7 Å². The molecule has 0 fully saturated rings. The van der Waals surface area contributed by atoms with Gasteiger partial charge in [-0.15, -0.1) is 4.99 Å². The molecule has 2 heterocycles. The van der Waals surface area contributed by atoms with Crippen LogP contribution in [0.3, 0.4) is 0 Å². The van der Waals surface area contributed by atoms with Gasteiger partial charge in [-0.2, -0.15) is 4.99 Å². The summed E-state index contributed by atoms with van der Waals surface area (Å²) in [6.45, 7) is 16.3. The average Bonchev–Trinajstić information content (AvgIpc) is 3.06. The first-order valence-electron chi connectivity index (χ1n) is 18.0. The number of nitrogens with zero attached hydrogens (tertiary/aromatic N) is 4. The predicted molar refractivity (Wildman–Crippen MR) is 207 cm³/mol. The Morgan fingerprint density at radius 3 is 1.88 bits per heavy atom. The number of carbonyl (C=O) groups is 4. The number of anilines is 1. The Kier molecular flexibility index (Phi) is 13.4. The highest BCUT2D eigenvalue weighted by molar-refractivity contribution is 6.04. The Bertz CT molecular complexity index is 1970. The zero-order chi connectivity index (χ0) is 41.6. The van der Waals surface area contributed by atoms with E-state index in [2.05, 4.69) is 20.6 Å². The molecule has 0 radical (unpaired) electrons. The summed E-state index contributed by atoms with van der Waals surface area (Å²) in [5.74, 6) is -3.37. The topological polar surface area (TPSA) is 151 Å². The lowest BCUT2D eigenvalue weighted by molar-refractivity contribution is 0.0551. The van der Waals surface area contributed by atoms with Crippen molar-refractivity contribution in [1.29, 1.82) is 0 Å². The van der Waals surface area contributed by atoms with Crippen molar-refractivity contribution in [1.82, 2.24) is 15.1 Å². The number of hydrogen-bond acceptors (Lipinski definition) is 7. The first-order chi connectivity index (χ1) is 26.0. The third-order valence-electron chi connectivity index (χ3n) is 7.90. The Balaban J connectivity index is 1.42. The molecule has 2 N–H and O–H groups in total. The monoisotopic (exact) mass is 782 g/mol. The van der Waals surface area contributed by atoms with Gasteiger partial charge < -0.3 is 29.3 Å². The fraction of sp³-hybridized carbons (Fsp3) is 0.450. The van der Waals surface area contributed by atoms with Gasteiger partial charge in [0.1, 0.15) is 34.3 Å². The molecule has 0 spiro atoms. The number of carbonyl (C=O) groups excluding carboxylic acids is 4. The lowest BCUT2D eigenvalue weighted by Gasteiger charge is -2.30. The van der Waals surface area contributed by atoms with Gasteiger partial charge >= 0.3 is 18.3 Å². The summed E-state index contributed by atoms with van der Waals surface area (Å²) in [5.41, 5.74) is -1.49. The first-order valence-corrected chi connectivity index (χ1v) is 18.0. The predicted octanol–water partition coefficient (Wildman–Crippen LogP) is 8.31. The lowest BCUT2D eigenvalue weighted by Crippen LogP contribution is -2.48. The minimum absolute atomic E-state index is 0.0447. The standard InChI is InChI=1S/C40H49F3N6O7/c1-38(2,3)54-35(51)44-23-48-16-12-24(13-17-48)27-11-10-26(20-29(27)41)33(50)45-32-22-30(42)28(21-31(32)43)25-14-18-49(19-15-25)34(46-36(52)55-39(4,5)6)47-37(53)56-40(7,8)9/h10-12,14,20-23H,13,15-19H2,1-9H3,(H,45,50)(H,46,47,52,53). The minimum Gasteiger partial charge on any atom is -0.444 e. The molecule has 2 aromatic carbocycles. The Morgan fingerprint density at radius 1 is 0.714 bits per heavy atom. The van der Waals surface area contributed by atoms with Crippen LogP contribution in [0.5, 0.6) is 0 Å². The van der Waals surface area contributed by atoms with E-state index in [1.54, 1.807) is 84.3 Å². The number of rotatable bonds is 5. The number of guanidine groups is 1. The molecule has 4 amide bonds. The minimum atomic E-state index is -0.943. The summed E-state index contributed by atoms with van der Waals surface area (Å²) in [6.07, 6.45) is 2.88. The molecule has 302 valence electrons. The van der Waals surface area contributed by atoms with E-state index in [0.717, 1.165) is 18.2 Å². The fourth-order valence-electron chi connectivity index (χ4n) is 5.50. The summed E-state index contributed by atoms with van der Waals surface area (Å²) in [6, 6.07) is 5.68. The van der Waals surface area contributed by atoms with Gasteiger partial charge in [-0.05, 0) is 105 Å². The van der Waals surface area contributed by atoms with Crippen LogP contribution >= 0.6 is 0 Å². The van der Waals surface area contributed by atoms with Crippen LogP contribution in [0.25, 0.3) is 11.1 Å². The van der Waals surface area contributed by atoms with Gasteiger partial charge in [0.25, 0.3) is 5.91 Å². The summed E-state index contributed by atoms with van der Waals surface area (Å²) in [7, 11) is 0. The second kappa shape index (κ2) is 17.4. The Labute approximate surface area is 324 Å². The zero-order valence-corrected chi connectivity index (χ0v) is 33.1. The maximum atomic E-state index is 15.5. The third-order valence-corrected chi connectivity index (χ3v) is 7.90. The number of ether oxygens (including phenoxy) is 3. The van der Waals surface area contributed by atoms with E-state index in [1.165, 1.54) is 18.5 Å². The zero-order valence-electron chi connectivity index (χ0n) is 33.1. The molecule has 0 atom stereocenters. The molecule has 2 aliphatic rings. The Morgan fingerprint density at radius 2 is 1.30 bits per heavy atom. The van der Waals surface area contributed by atoms with Gasteiger partial charge in [0.15, 0.2) is 0 Å². The summed E-state index contributed by atoms with van der Waals surface area (Å²) >= 11 is 0. The quantitative estimate of drug-likeness (QED) is 0.173. The highest BCUT2D eigenvalue weighted by atomic mass is 19.1. The molecular formula is C40H49F3N6O7. The summed E-state index contributed by atoms with van der Waals surface area (Å²) in [5, 5.41) is 4.80. The van der Waals surface area contributed by atoms with Gasteiger partial charge in [0.05, 0.1) is 12.0 Å². The van der Waals surface area contributed by atoms with Gasteiger partial charge in [-0.25, -0.2) is 27.6 Å².